The second-order valence-corrected chi connectivity index (χ2v) is 5.44. The number of amides is 2. The summed E-state index contributed by atoms with van der Waals surface area (Å²) in [5.74, 6) is -0.614. The van der Waals surface area contributed by atoms with Gasteiger partial charge in [-0.2, -0.15) is 0 Å². The standard InChI is InChI=1S/C15H16N2O8/c18-13(19)8-1-9(22-6-11-4-16-14(20)24-11)3-10(2-8)23-7-12-5-17-15(21)25-12/h1-3,11-12H,4-7H2,(H,16,20)(H,17,21)(H,18,19). The zero-order valence-corrected chi connectivity index (χ0v) is 13.0. The van der Waals surface area contributed by atoms with Gasteiger partial charge in [0.25, 0.3) is 0 Å². The van der Waals surface area contributed by atoms with E-state index in [0.717, 1.165) is 0 Å². The summed E-state index contributed by atoms with van der Waals surface area (Å²) < 4.78 is 20.9. The third kappa shape index (κ3) is 4.43. The van der Waals surface area contributed by atoms with Gasteiger partial charge in [0.2, 0.25) is 0 Å². The predicted octanol–water partition coefficient (Wildman–Crippen LogP) is 0.359. The topological polar surface area (TPSA) is 132 Å². The Bertz CT molecular complexity index is 644. The van der Waals surface area contributed by atoms with Crippen LogP contribution in [-0.4, -0.2) is 61.8 Å². The summed E-state index contributed by atoms with van der Waals surface area (Å²) >= 11 is 0. The Kier molecular flexibility index (Phi) is 4.78. The monoisotopic (exact) mass is 352 g/mol. The summed E-state index contributed by atoms with van der Waals surface area (Å²) in [4.78, 5) is 33.2. The van der Waals surface area contributed by atoms with Gasteiger partial charge in [0.1, 0.15) is 24.7 Å². The molecule has 0 bridgehead atoms. The lowest BCUT2D eigenvalue weighted by atomic mass is 10.2. The Balaban J connectivity index is 1.63. The van der Waals surface area contributed by atoms with Crippen molar-refractivity contribution in [2.75, 3.05) is 26.3 Å². The molecular weight excluding hydrogens is 336 g/mol. The highest BCUT2D eigenvalue weighted by atomic mass is 16.6. The zero-order valence-electron chi connectivity index (χ0n) is 13.0. The van der Waals surface area contributed by atoms with E-state index in [1.807, 2.05) is 0 Å². The van der Waals surface area contributed by atoms with E-state index in [4.69, 9.17) is 18.9 Å². The number of alkyl carbamates (subject to hydrolysis) is 2. The fraction of sp³-hybridized carbons (Fsp3) is 0.400. The minimum atomic E-state index is -1.14. The largest absolute Gasteiger partial charge is 0.489 e. The van der Waals surface area contributed by atoms with E-state index in [1.54, 1.807) is 0 Å². The summed E-state index contributed by atoms with van der Waals surface area (Å²) in [5, 5.41) is 14.2. The second kappa shape index (κ2) is 7.16. The minimum absolute atomic E-state index is 0.0180. The molecule has 2 aliphatic heterocycles. The van der Waals surface area contributed by atoms with Crippen LogP contribution in [0.5, 0.6) is 11.5 Å². The van der Waals surface area contributed by atoms with Gasteiger partial charge in [0, 0.05) is 6.07 Å². The molecule has 2 unspecified atom stereocenters. The van der Waals surface area contributed by atoms with E-state index >= 15 is 0 Å². The van der Waals surface area contributed by atoms with Gasteiger partial charge in [-0.3, -0.25) is 0 Å². The Morgan fingerprint density at radius 2 is 1.48 bits per heavy atom. The van der Waals surface area contributed by atoms with Crippen molar-refractivity contribution >= 4 is 18.2 Å². The number of hydrogen-bond acceptors (Lipinski definition) is 7. The van der Waals surface area contributed by atoms with Gasteiger partial charge in [-0.15, -0.1) is 0 Å². The summed E-state index contributed by atoms with van der Waals surface area (Å²) in [5.41, 5.74) is -0.0180. The van der Waals surface area contributed by atoms with Crippen LogP contribution >= 0.6 is 0 Å². The van der Waals surface area contributed by atoms with Crippen LogP contribution in [0, 0.1) is 0 Å². The Hall–Kier alpha value is -3.17. The maximum atomic E-state index is 11.2. The van der Waals surface area contributed by atoms with Crippen LogP contribution < -0.4 is 20.1 Å². The number of hydrogen-bond donors (Lipinski definition) is 3. The third-order valence-corrected chi connectivity index (χ3v) is 3.49. The average molecular weight is 352 g/mol. The molecule has 10 nitrogen and oxygen atoms in total. The Morgan fingerprint density at radius 1 is 1.00 bits per heavy atom. The lowest BCUT2D eigenvalue weighted by Crippen LogP contribution is -2.22. The number of ether oxygens (including phenoxy) is 4. The van der Waals surface area contributed by atoms with Crippen LogP contribution in [0.3, 0.4) is 0 Å². The van der Waals surface area contributed by atoms with Crippen molar-refractivity contribution in [3.63, 3.8) is 0 Å². The first kappa shape index (κ1) is 16.7. The quantitative estimate of drug-likeness (QED) is 0.641. The van der Waals surface area contributed by atoms with E-state index in [-0.39, 0.29) is 30.3 Å². The molecule has 0 aromatic heterocycles. The van der Waals surface area contributed by atoms with Crippen molar-refractivity contribution in [1.82, 2.24) is 10.6 Å². The number of carbonyl (C=O) groups excluding carboxylic acids is 2. The third-order valence-electron chi connectivity index (χ3n) is 3.49. The van der Waals surface area contributed by atoms with Gasteiger partial charge >= 0.3 is 18.2 Å². The lowest BCUT2D eigenvalue weighted by Gasteiger charge is -2.14. The van der Waals surface area contributed by atoms with Crippen LogP contribution in [0.4, 0.5) is 9.59 Å². The van der Waals surface area contributed by atoms with E-state index in [0.29, 0.717) is 13.1 Å². The molecule has 2 amide bonds. The highest BCUT2D eigenvalue weighted by Gasteiger charge is 2.24. The van der Waals surface area contributed by atoms with E-state index in [9.17, 15) is 19.5 Å². The summed E-state index contributed by atoms with van der Waals surface area (Å²) in [6.45, 7) is 0.790. The Morgan fingerprint density at radius 3 is 1.84 bits per heavy atom. The molecule has 3 rings (SSSR count). The molecule has 10 heteroatoms. The van der Waals surface area contributed by atoms with Crippen molar-refractivity contribution < 1.29 is 38.4 Å². The maximum absolute atomic E-state index is 11.2. The number of carbonyl (C=O) groups is 3. The second-order valence-electron chi connectivity index (χ2n) is 5.44. The Labute approximate surface area is 142 Å². The van der Waals surface area contributed by atoms with Crippen LogP contribution in [0.15, 0.2) is 18.2 Å². The number of nitrogens with one attached hydrogen (secondary N) is 2. The van der Waals surface area contributed by atoms with Gasteiger partial charge in [-0.25, -0.2) is 14.4 Å². The van der Waals surface area contributed by atoms with Gasteiger partial charge in [-0.1, -0.05) is 0 Å². The van der Waals surface area contributed by atoms with Crippen molar-refractivity contribution in [1.29, 1.82) is 0 Å². The van der Waals surface area contributed by atoms with Crippen LogP contribution in [0.25, 0.3) is 0 Å². The first-order valence-corrected chi connectivity index (χ1v) is 7.52. The normalized spacial score (nSPS) is 21.8. The number of benzene rings is 1. The van der Waals surface area contributed by atoms with Crippen molar-refractivity contribution in [3.8, 4) is 11.5 Å². The molecule has 2 atom stereocenters. The molecule has 0 spiro atoms. The fourth-order valence-electron chi connectivity index (χ4n) is 2.29. The molecule has 2 heterocycles. The number of aromatic carboxylic acids is 1. The number of carboxylic acids is 1. The summed E-state index contributed by atoms with van der Waals surface area (Å²) in [7, 11) is 0. The predicted molar refractivity (Wildman–Crippen MR) is 80.9 cm³/mol. The van der Waals surface area contributed by atoms with E-state index < -0.39 is 30.4 Å². The molecule has 2 aliphatic rings. The minimum Gasteiger partial charge on any atom is -0.489 e. The van der Waals surface area contributed by atoms with Crippen molar-refractivity contribution in [2.24, 2.45) is 0 Å². The van der Waals surface area contributed by atoms with E-state index in [1.165, 1.54) is 18.2 Å². The molecule has 134 valence electrons. The van der Waals surface area contributed by atoms with E-state index in [2.05, 4.69) is 10.6 Å². The first-order valence-electron chi connectivity index (χ1n) is 7.52. The summed E-state index contributed by atoms with van der Waals surface area (Å²) in [6, 6.07) is 4.20. The first-order chi connectivity index (χ1) is 12.0. The van der Waals surface area contributed by atoms with Crippen LogP contribution in [-0.2, 0) is 9.47 Å². The average Bonchev–Trinajstić information content (AvgIpc) is 3.19. The SMILES string of the molecule is O=C1NCC(COc2cc(OCC3CNC(=O)O3)cc(C(=O)O)c2)O1. The molecule has 25 heavy (non-hydrogen) atoms. The van der Waals surface area contributed by atoms with Gasteiger partial charge in [0.05, 0.1) is 18.7 Å². The summed E-state index contributed by atoms with van der Waals surface area (Å²) in [6.07, 6.45) is -1.93. The van der Waals surface area contributed by atoms with Crippen molar-refractivity contribution in [3.05, 3.63) is 23.8 Å². The lowest BCUT2D eigenvalue weighted by molar-refractivity contribution is 0.0695. The zero-order chi connectivity index (χ0) is 17.8. The number of rotatable bonds is 7. The van der Waals surface area contributed by atoms with Gasteiger partial charge in [0.15, 0.2) is 12.2 Å². The van der Waals surface area contributed by atoms with Crippen molar-refractivity contribution in [2.45, 2.75) is 12.2 Å². The molecule has 2 fully saturated rings. The molecule has 0 radical (unpaired) electrons. The number of cyclic esters (lactones) is 2. The van der Waals surface area contributed by atoms with Crippen LogP contribution in [0.1, 0.15) is 10.4 Å². The molecular formula is C15H16N2O8. The molecule has 0 saturated carbocycles. The smallest absolute Gasteiger partial charge is 0.407 e. The van der Waals surface area contributed by atoms with Gasteiger partial charge in [-0.05, 0) is 12.1 Å². The maximum Gasteiger partial charge on any atom is 0.407 e. The highest BCUT2D eigenvalue weighted by Crippen LogP contribution is 2.24. The van der Waals surface area contributed by atoms with Gasteiger partial charge < -0.3 is 34.7 Å². The highest BCUT2D eigenvalue weighted by molar-refractivity contribution is 5.88. The molecule has 1 aromatic carbocycles. The molecule has 3 N–H and O–H groups in total. The number of carboxylic acid groups (broad SMARTS) is 1. The molecule has 2 saturated heterocycles. The van der Waals surface area contributed by atoms with Crippen LogP contribution in [0.2, 0.25) is 0 Å². The molecule has 0 aliphatic carbocycles. The molecule has 1 aromatic rings. The fourth-order valence-corrected chi connectivity index (χ4v) is 2.29.